The molecule has 3 aromatic rings. The van der Waals surface area contributed by atoms with E-state index in [-0.39, 0.29) is 11.8 Å². The molecular weight excluding hydrogens is 492 g/mol. The van der Waals surface area contributed by atoms with Crippen molar-refractivity contribution in [1.29, 1.82) is 0 Å². The average molecular weight is 521 g/mol. The standard InChI is InChI=1S/C27H29ClN6O3/c28-22-5-1-20(2-6-22)24-9-10-29-27(31-24)30-23-7-3-21(4-8-23)26(36)34-13-11-32(12-14-34)19-25(35)33-15-17-37-18-16-33/h1-10H,11-19H2,(H,29,30,31). The molecule has 0 aliphatic carbocycles. The smallest absolute Gasteiger partial charge is 0.253 e. The number of halogens is 1. The van der Waals surface area contributed by atoms with Crippen LogP contribution in [0.4, 0.5) is 11.6 Å². The van der Waals surface area contributed by atoms with Crippen LogP contribution in [0.3, 0.4) is 0 Å². The molecule has 0 unspecified atom stereocenters. The van der Waals surface area contributed by atoms with E-state index in [1.54, 1.807) is 6.20 Å². The van der Waals surface area contributed by atoms with Crippen LogP contribution in [0, 0.1) is 0 Å². The number of benzene rings is 2. The number of aromatic nitrogens is 2. The minimum Gasteiger partial charge on any atom is -0.378 e. The Morgan fingerprint density at radius 1 is 0.865 bits per heavy atom. The summed E-state index contributed by atoms with van der Waals surface area (Å²) in [7, 11) is 0. The number of hydrogen-bond acceptors (Lipinski definition) is 7. The minimum absolute atomic E-state index is 0.00769. The van der Waals surface area contributed by atoms with E-state index >= 15 is 0 Å². The number of piperazine rings is 1. The Morgan fingerprint density at radius 2 is 1.57 bits per heavy atom. The molecule has 0 spiro atoms. The van der Waals surface area contributed by atoms with E-state index in [4.69, 9.17) is 16.3 Å². The van der Waals surface area contributed by atoms with E-state index in [0.717, 1.165) is 16.9 Å². The topological polar surface area (TPSA) is 90.9 Å². The van der Waals surface area contributed by atoms with Gasteiger partial charge >= 0.3 is 0 Å². The minimum atomic E-state index is -0.00769. The lowest BCUT2D eigenvalue weighted by Gasteiger charge is -2.36. The number of rotatable bonds is 6. The summed E-state index contributed by atoms with van der Waals surface area (Å²) in [5.41, 5.74) is 3.14. The van der Waals surface area contributed by atoms with Gasteiger partial charge < -0.3 is 19.9 Å². The van der Waals surface area contributed by atoms with Gasteiger partial charge in [-0.15, -0.1) is 0 Å². The van der Waals surface area contributed by atoms with Crippen molar-refractivity contribution in [3.05, 3.63) is 71.4 Å². The van der Waals surface area contributed by atoms with Crippen LogP contribution >= 0.6 is 11.6 Å². The maximum Gasteiger partial charge on any atom is 0.253 e. The number of morpholine rings is 1. The third-order valence-electron chi connectivity index (χ3n) is 6.57. The van der Waals surface area contributed by atoms with Gasteiger partial charge in [-0.1, -0.05) is 23.7 Å². The molecule has 5 rings (SSSR count). The fourth-order valence-electron chi connectivity index (χ4n) is 4.42. The molecule has 10 heteroatoms. The summed E-state index contributed by atoms with van der Waals surface area (Å²) in [6.07, 6.45) is 1.70. The van der Waals surface area contributed by atoms with Gasteiger partial charge in [-0.2, -0.15) is 0 Å². The number of nitrogens with one attached hydrogen (secondary N) is 1. The number of nitrogens with zero attached hydrogens (tertiary/aromatic N) is 5. The second-order valence-electron chi connectivity index (χ2n) is 9.04. The summed E-state index contributed by atoms with van der Waals surface area (Å²) in [5.74, 6) is 0.592. The van der Waals surface area contributed by atoms with Crippen LogP contribution < -0.4 is 5.32 Å². The molecule has 2 fully saturated rings. The first-order chi connectivity index (χ1) is 18.0. The number of ether oxygens (including phenoxy) is 1. The first kappa shape index (κ1) is 25.1. The van der Waals surface area contributed by atoms with Crippen molar-refractivity contribution in [2.75, 3.05) is 64.3 Å². The van der Waals surface area contributed by atoms with E-state index in [2.05, 4.69) is 20.2 Å². The molecule has 2 amide bonds. The van der Waals surface area contributed by atoms with Crippen molar-refractivity contribution in [2.24, 2.45) is 0 Å². The van der Waals surface area contributed by atoms with E-state index in [1.807, 2.05) is 64.4 Å². The molecule has 37 heavy (non-hydrogen) atoms. The van der Waals surface area contributed by atoms with Crippen molar-refractivity contribution >= 4 is 35.1 Å². The summed E-state index contributed by atoms with van der Waals surface area (Å²) >= 11 is 5.98. The number of hydrogen-bond donors (Lipinski definition) is 1. The Balaban J connectivity index is 1.13. The molecule has 2 saturated heterocycles. The second kappa shape index (κ2) is 11.7. The highest BCUT2D eigenvalue weighted by atomic mass is 35.5. The van der Waals surface area contributed by atoms with E-state index in [9.17, 15) is 9.59 Å². The van der Waals surface area contributed by atoms with E-state index in [0.29, 0.717) is 75.6 Å². The molecule has 3 heterocycles. The number of carbonyl (C=O) groups excluding carboxylic acids is 2. The molecule has 2 aromatic carbocycles. The van der Waals surface area contributed by atoms with Gasteiger partial charge in [0.25, 0.3) is 5.91 Å². The van der Waals surface area contributed by atoms with E-state index in [1.165, 1.54) is 0 Å². The average Bonchev–Trinajstić information content (AvgIpc) is 2.94. The van der Waals surface area contributed by atoms with Crippen LogP contribution in [-0.2, 0) is 9.53 Å². The number of amides is 2. The maximum absolute atomic E-state index is 13.0. The van der Waals surface area contributed by atoms with E-state index < -0.39 is 0 Å². The highest BCUT2D eigenvalue weighted by molar-refractivity contribution is 6.30. The molecule has 0 saturated carbocycles. The molecule has 1 N–H and O–H groups in total. The third kappa shape index (κ3) is 6.43. The van der Waals surface area contributed by atoms with Gasteiger partial charge in [-0.3, -0.25) is 14.5 Å². The van der Waals surface area contributed by atoms with Gasteiger partial charge in [-0.25, -0.2) is 9.97 Å². The van der Waals surface area contributed by atoms with Crippen molar-refractivity contribution in [2.45, 2.75) is 0 Å². The molecule has 1 aromatic heterocycles. The Morgan fingerprint density at radius 3 is 2.27 bits per heavy atom. The third-order valence-corrected chi connectivity index (χ3v) is 6.82. The van der Waals surface area contributed by atoms with Crippen molar-refractivity contribution in [3.8, 4) is 11.3 Å². The Hall–Kier alpha value is -3.53. The normalized spacial score (nSPS) is 16.5. The lowest BCUT2D eigenvalue weighted by molar-refractivity contribution is -0.136. The summed E-state index contributed by atoms with van der Waals surface area (Å²) < 4.78 is 5.32. The van der Waals surface area contributed by atoms with Gasteiger partial charge in [0, 0.05) is 67.3 Å². The lowest BCUT2D eigenvalue weighted by atomic mass is 10.1. The van der Waals surface area contributed by atoms with Gasteiger partial charge in [0.2, 0.25) is 11.9 Å². The van der Waals surface area contributed by atoms with Gasteiger partial charge in [-0.05, 0) is 42.5 Å². The Labute approximate surface area is 221 Å². The maximum atomic E-state index is 13.0. The van der Waals surface area contributed by atoms with Crippen LogP contribution in [0.5, 0.6) is 0 Å². The SMILES string of the molecule is O=C(CN1CCN(C(=O)c2ccc(Nc3nccc(-c4ccc(Cl)cc4)n3)cc2)CC1)N1CCOCC1. The number of carbonyl (C=O) groups is 2. The van der Waals surface area contributed by atoms with Crippen LogP contribution in [0.2, 0.25) is 5.02 Å². The predicted octanol–water partition coefficient (Wildman–Crippen LogP) is 3.16. The Bertz CT molecular complexity index is 1220. The van der Waals surface area contributed by atoms with Crippen LogP contribution in [-0.4, -0.2) is 95.5 Å². The van der Waals surface area contributed by atoms with Crippen LogP contribution in [0.15, 0.2) is 60.8 Å². The lowest BCUT2D eigenvalue weighted by Crippen LogP contribution is -2.52. The monoisotopic (exact) mass is 520 g/mol. The number of anilines is 2. The second-order valence-corrected chi connectivity index (χ2v) is 9.47. The molecule has 0 bridgehead atoms. The van der Waals surface area contributed by atoms with Crippen LogP contribution in [0.25, 0.3) is 11.3 Å². The van der Waals surface area contributed by atoms with Crippen LogP contribution in [0.1, 0.15) is 10.4 Å². The van der Waals surface area contributed by atoms with Crippen molar-refractivity contribution < 1.29 is 14.3 Å². The molecule has 9 nitrogen and oxygen atoms in total. The van der Waals surface area contributed by atoms with Gasteiger partial charge in [0.1, 0.15) is 0 Å². The first-order valence-corrected chi connectivity index (χ1v) is 12.8. The Kier molecular flexibility index (Phi) is 7.93. The molecule has 2 aliphatic rings. The first-order valence-electron chi connectivity index (χ1n) is 12.4. The zero-order valence-electron chi connectivity index (χ0n) is 20.5. The fraction of sp³-hybridized carbons (Fsp3) is 0.333. The predicted molar refractivity (Wildman–Crippen MR) is 142 cm³/mol. The van der Waals surface area contributed by atoms with Gasteiger partial charge in [0.05, 0.1) is 25.5 Å². The van der Waals surface area contributed by atoms with Gasteiger partial charge in [0.15, 0.2) is 0 Å². The van der Waals surface area contributed by atoms with Crippen molar-refractivity contribution in [1.82, 2.24) is 24.7 Å². The fourth-order valence-corrected chi connectivity index (χ4v) is 4.55. The highest BCUT2D eigenvalue weighted by Crippen LogP contribution is 2.22. The molecule has 192 valence electrons. The molecule has 0 radical (unpaired) electrons. The molecule has 0 atom stereocenters. The summed E-state index contributed by atoms with van der Waals surface area (Å²) in [6, 6.07) is 16.6. The highest BCUT2D eigenvalue weighted by Gasteiger charge is 2.25. The summed E-state index contributed by atoms with van der Waals surface area (Å²) in [4.78, 5) is 40.2. The summed E-state index contributed by atoms with van der Waals surface area (Å²) in [6.45, 7) is 5.47. The molecule has 2 aliphatic heterocycles. The zero-order valence-corrected chi connectivity index (χ0v) is 21.2. The zero-order chi connectivity index (χ0) is 25.6. The largest absolute Gasteiger partial charge is 0.378 e. The summed E-state index contributed by atoms with van der Waals surface area (Å²) in [5, 5.41) is 3.87. The molecular formula is C27H29ClN6O3. The quantitative estimate of drug-likeness (QED) is 0.534. The van der Waals surface area contributed by atoms with Crippen molar-refractivity contribution in [3.63, 3.8) is 0 Å².